The summed E-state index contributed by atoms with van der Waals surface area (Å²) >= 11 is 0. The zero-order valence-electron chi connectivity index (χ0n) is 9.73. The van der Waals surface area contributed by atoms with E-state index in [0.29, 0.717) is 12.0 Å². The van der Waals surface area contributed by atoms with Crippen LogP contribution in [-0.4, -0.2) is 17.9 Å². The van der Waals surface area contributed by atoms with E-state index in [1.807, 2.05) is 44.2 Å². The smallest absolute Gasteiger partial charge is 0.165 e. The molecule has 0 fully saturated rings. The minimum Gasteiger partial charge on any atom is -0.301 e. The van der Waals surface area contributed by atoms with Crippen molar-refractivity contribution in [3.8, 4) is 12.3 Å². The van der Waals surface area contributed by atoms with Crippen molar-refractivity contribution in [1.82, 2.24) is 5.32 Å². The highest BCUT2D eigenvalue weighted by Gasteiger charge is 2.13. The lowest BCUT2D eigenvalue weighted by Crippen LogP contribution is -2.35. The molecule has 0 bridgehead atoms. The Morgan fingerprint density at radius 3 is 2.50 bits per heavy atom. The molecule has 1 aromatic carbocycles. The van der Waals surface area contributed by atoms with Gasteiger partial charge in [-0.15, -0.1) is 6.42 Å². The molecule has 16 heavy (non-hydrogen) atoms. The van der Waals surface area contributed by atoms with Crippen LogP contribution in [-0.2, 0) is 0 Å². The first-order valence-electron chi connectivity index (χ1n) is 5.44. The lowest BCUT2D eigenvalue weighted by atomic mass is 10.0. The third-order valence-electron chi connectivity index (χ3n) is 2.22. The van der Waals surface area contributed by atoms with Gasteiger partial charge in [0.2, 0.25) is 0 Å². The Morgan fingerprint density at radius 2 is 2.00 bits per heavy atom. The highest BCUT2D eigenvalue weighted by molar-refractivity contribution is 5.96. The number of benzene rings is 1. The van der Waals surface area contributed by atoms with Gasteiger partial charge in [-0.3, -0.25) is 4.79 Å². The number of Topliss-reactive ketones (excluding diaryl/α,β-unsaturated/α-hetero) is 1. The second-order valence-electron chi connectivity index (χ2n) is 4.03. The first kappa shape index (κ1) is 12.5. The molecular weight excluding hydrogens is 198 g/mol. The highest BCUT2D eigenvalue weighted by atomic mass is 16.1. The van der Waals surface area contributed by atoms with Crippen molar-refractivity contribution in [3.05, 3.63) is 35.9 Å². The van der Waals surface area contributed by atoms with Gasteiger partial charge in [0.1, 0.15) is 0 Å². The summed E-state index contributed by atoms with van der Waals surface area (Å²) in [5, 5.41) is 3.17. The van der Waals surface area contributed by atoms with E-state index in [0.717, 1.165) is 0 Å². The van der Waals surface area contributed by atoms with Crippen LogP contribution in [0, 0.1) is 12.3 Å². The van der Waals surface area contributed by atoms with Gasteiger partial charge in [0.15, 0.2) is 5.78 Å². The molecule has 1 rings (SSSR count). The number of terminal acetylenes is 1. The lowest BCUT2D eigenvalue weighted by molar-refractivity contribution is 0.0975. The maximum absolute atomic E-state index is 11.9. The fourth-order valence-electron chi connectivity index (χ4n) is 1.50. The molecule has 1 atom stereocenters. The quantitative estimate of drug-likeness (QED) is 0.603. The van der Waals surface area contributed by atoms with Crippen LogP contribution in [0.4, 0.5) is 0 Å². The van der Waals surface area contributed by atoms with Crippen LogP contribution < -0.4 is 5.32 Å². The van der Waals surface area contributed by atoms with Gasteiger partial charge in [-0.1, -0.05) is 36.3 Å². The summed E-state index contributed by atoms with van der Waals surface area (Å²) in [4.78, 5) is 11.9. The average molecular weight is 215 g/mol. The summed E-state index contributed by atoms with van der Waals surface area (Å²) in [6, 6.07) is 9.32. The molecule has 0 amide bonds. The maximum Gasteiger partial charge on any atom is 0.165 e. The SMILES string of the molecule is C#CC(CC(=O)c1ccccc1)NC(C)C. The number of hydrogen-bond acceptors (Lipinski definition) is 2. The van der Waals surface area contributed by atoms with Gasteiger partial charge in [0.05, 0.1) is 6.04 Å². The van der Waals surface area contributed by atoms with E-state index in [1.54, 1.807) is 0 Å². The van der Waals surface area contributed by atoms with Crippen LogP contribution in [0.25, 0.3) is 0 Å². The summed E-state index contributed by atoms with van der Waals surface area (Å²) in [5.74, 6) is 2.68. The van der Waals surface area contributed by atoms with Crippen LogP contribution in [0.2, 0.25) is 0 Å². The molecule has 84 valence electrons. The Bertz CT molecular complexity index is 375. The molecule has 0 spiro atoms. The first-order chi connectivity index (χ1) is 7.63. The van der Waals surface area contributed by atoms with Gasteiger partial charge in [-0.05, 0) is 13.8 Å². The molecule has 1 aromatic rings. The molecule has 0 heterocycles. The Balaban J connectivity index is 2.60. The third kappa shape index (κ3) is 3.88. The van der Waals surface area contributed by atoms with Crippen molar-refractivity contribution in [1.29, 1.82) is 0 Å². The van der Waals surface area contributed by atoms with Crippen molar-refractivity contribution >= 4 is 5.78 Å². The van der Waals surface area contributed by atoms with Gasteiger partial charge in [-0.2, -0.15) is 0 Å². The number of nitrogens with one attached hydrogen (secondary N) is 1. The molecule has 0 radical (unpaired) electrons. The molecule has 0 aliphatic carbocycles. The molecule has 0 aliphatic rings. The fourth-order valence-corrected chi connectivity index (χ4v) is 1.50. The Labute approximate surface area is 97.1 Å². The van der Waals surface area contributed by atoms with E-state index in [-0.39, 0.29) is 17.9 Å². The second kappa shape index (κ2) is 6.09. The molecule has 0 aromatic heterocycles. The molecule has 0 saturated heterocycles. The summed E-state index contributed by atoms with van der Waals surface area (Å²) in [7, 11) is 0. The zero-order valence-corrected chi connectivity index (χ0v) is 9.73. The van der Waals surface area contributed by atoms with Crippen molar-refractivity contribution in [2.75, 3.05) is 0 Å². The second-order valence-corrected chi connectivity index (χ2v) is 4.03. The molecule has 1 unspecified atom stereocenters. The van der Waals surface area contributed by atoms with Crippen LogP contribution in [0.5, 0.6) is 0 Å². The number of rotatable bonds is 5. The summed E-state index contributed by atoms with van der Waals surface area (Å²) in [6.45, 7) is 4.02. The third-order valence-corrected chi connectivity index (χ3v) is 2.22. The van der Waals surface area contributed by atoms with Crippen LogP contribution in [0.15, 0.2) is 30.3 Å². The van der Waals surface area contributed by atoms with Crippen LogP contribution in [0.3, 0.4) is 0 Å². The van der Waals surface area contributed by atoms with Gasteiger partial charge >= 0.3 is 0 Å². The topological polar surface area (TPSA) is 29.1 Å². The predicted molar refractivity (Wildman–Crippen MR) is 66.3 cm³/mol. The Morgan fingerprint density at radius 1 is 1.38 bits per heavy atom. The number of carbonyl (C=O) groups is 1. The van der Waals surface area contributed by atoms with Gasteiger partial charge in [0, 0.05) is 18.0 Å². The first-order valence-corrected chi connectivity index (χ1v) is 5.44. The van der Waals surface area contributed by atoms with Crippen LogP contribution in [0.1, 0.15) is 30.6 Å². The number of carbonyl (C=O) groups excluding carboxylic acids is 1. The Hall–Kier alpha value is -1.59. The molecule has 1 N–H and O–H groups in total. The molecule has 2 heteroatoms. The number of ketones is 1. The van der Waals surface area contributed by atoms with Gasteiger partial charge in [-0.25, -0.2) is 0 Å². The normalized spacial score (nSPS) is 12.1. The van der Waals surface area contributed by atoms with Crippen molar-refractivity contribution < 1.29 is 4.79 Å². The van der Waals surface area contributed by atoms with Crippen LogP contribution >= 0.6 is 0 Å². The van der Waals surface area contributed by atoms with E-state index in [9.17, 15) is 4.79 Å². The predicted octanol–water partition coefficient (Wildman–Crippen LogP) is 2.26. The van der Waals surface area contributed by atoms with E-state index in [1.165, 1.54) is 0 Å². The molecular formula is C14H17NO. The lowest BCUT2D eigenvalue weighted by Gasteiger charge is -2.15. The molecule has 2 nitrogen and oxygen atoms in total. The maximum atomic E-state index is 11.9. The number of hydrogen-bond donors (Lipinski definition) is 1. The van der Waals surface area contributed by atoms with Gasteiger partial charge in [0.25, 0.3) is 0 Å². The fraction of sp³-hybridized carbons (Fsp3) is 0.357. The minimum atomic E-state index is -0.187. The molecule has 0 saturated carbocycles. The van der Waals surface area contributed by atoms with Crippen molar-refractivity contribution in [2.45, 2.75) is 32.4 Å². The monoisotopic (exact) mass is 215 g/mol. The minimum absolute atomic E-state index is 0.0803. The van der Waals surface area contributed by atoms with Crippen molar-refractivity contribution in [3.63, 3.8) is 0 Å². The highest BCUT2D eigenvalue weighted by Crippen LogP contribution is 2.05. The Kier molecular flexibility index (Phi) is 4.75. The summed E-state index contributed by atoms with van der Waals surface area (Å²) in [5.41, 5.74) is 0.716. The van der Waals surface area contributed by atoms with E-state index in [2.05, 4.69) is 11.2 Å². The summed E-state index contributed by atoms with van der Waals surface area (Å²) < 4.78 is 0. The van der Waals surface area contributed by atoms with Gasteiger partial charge < -0.3 is 5.32 Å². The standard InChI is InChI=1S/C14H17NO/c1-4-13(15-11(2)3)10-14(16)12-8-6-5-7-9-12/h1,5-9,11,13,15H,10H2,2-3H3. The van der Waals surface area contributed by atoms with E-state index >= 15 is 0 Å². The van der Waals surface area contributed by atoms with E-state index in [4.69, 9.17) is 6.42 Å². The summed E-state index contributed by atoms with van der Waals surface area (Å²) in [6.07, 6.45) is 5.73. The average Bonchev–Trinajstić information content (AvgIpc) is 2.28. The van der Waals surface area contributed by atoms with Crippen molar-refractivity contribution in [2.24, 2.45) is 0 Å². The van der Waals surface area contributed by atoms with E-state index < -0.39 is 0 Å². The largest absolute Gasteiger partial charge is 0.301 e. The zero-order chi connectivity index (χ0) is 12.0. The molecule has 0 aliphatic heterocycles.